The Labute approximate surface area is 116 Å². The number of nitrogen functional groups attached to an aromatic ring is 1. The summed E-state index contributed by atoms with van der Waals surface area (Å²) in [4.78, 5) is 24.2. The van der Waals surface area contributed by atoms with Crippen LogP contribution >= 0.6 is 0 Å². The first-order valence-corrected chi connectivity index (χ1v) is 6.42. The van der Waals surface area contributed by atoms with Gasteiger partial charge in [0.05, 0.1) is 16.7 Å². The number of carbonyl (C=O) groups is 1. The zero-order valence-electron chi connectivity index (χ0n) is 11.2. The Bertz CT molecular complexity index is 546. The Morgan fingerprint density at radius 3 is 2.85 bits per heavy atom. The normalized spacial score (nSPS) is 22.6. The third-order valence-electron chi connectivity index (χ3n) is 3.69. The Morgan fingerprint density at radius 2 is 2.25 bits per heavy atom. The van der Waals surface area contributed by atoms with E-state index in [1.54, 1.807) is 0 Å². The minimum atomic E-state index is -0.618. The number of rotatable bonds is 2. The molecule has 1 aliphatic heterocycles. The number of aliphatic hydroxyl groups is 1. The number of nitro groups is 1. The first-order chi connectivity index (χ1) is 9.41. The van der Waals surface area contributed by atoms with Crippen LogP contribution < -0.4 is 5.73 Å². The van der Waals surface area contributed by atoms with Crippen molar-refractivity contribution < 1.29 is 14.8 Å². The number of β-amino-alcohol motifs (C(OH)–C–C–N with tert-alkyl or cyclic N) is 1. The molecule has 0 spiro atoms. The van der Waals surface area contributed by atoms with Gasteiger partial charge in [0.25, 0.3) is 11.6 Å². The highest BCUT2D eigenvalue weighted by atomic mass is 16.6. The van der Waals surface area contributed by atoms with E-state index in [1.165, 1.54) is 23.1 Å². The standard InChI is InChI=1S/C13H17N3O4/c1-8-5-6-15(7-11(8)17)13(18)12-9(14)3-2-4-10(12)16(19)20/h2-4,8,11,17H,5-7,14H2,1H3/t8-,11+/m0/s1. The highest BCUT2D eigenvalue weighted by Gasteiger charge is 2.32. The van der Waals surface area contributed by atoms with Crippen molar-refractivity contribution >= 4 is 17.3 Å². The molecule has 7 nitrogen and oxygen atoms in total. The summed E-state index contributed by atoms with van der Waals surface area (Å²) < 4.78 is 0. The average molecular weight is 279 g/mol. The highest BCUT2D eigenvalue weighted by molar-refractivity contribution is 6.03. The second kappa shape index (κ2) is 5.46. The molecule has 0 unspecified atom stereocenters. The quantitative estimate of drug-likeness (QED) is 0.477. The summed E-state index contributed by atoms with van der Waals surface area (Å²) in [6.07, 6.45) is 0.0460. The van der Waals surface area contributed by atoms with Gasteiger partial charge in [0.15, 0.2) is 0 Å². The van der Waals surface area contributed by atoms with Crippen LogP contribution in [-0.4, -0.2) is 40.0 Å². The van der Waals surface area contributed by atoms with E-state index in [0.717, 1.165) is 0 Å². The van der Waals surface area contributed by atoms with Gasteiger partial charge >= 0.3 is 0 Å². The molecule has 0 aliphatic carbocycles. The molecular weight excluding hydrogens is 262 g/mol. The van der Waals surface area contributed by atoms with Gasteiger partial charge in [0.1, 0.15) is 5.56 Å². The highest BCUT2D eigenvalue weighted by Crippen LogP contribution is 2.27. The number of aliphatic hydroxyl groups excluding tert-OH is 1. The number of hydrogen-bond donors (Lipinski definition) is 2. The summed E-state index contributed by atoms with van der Waals surface area (Å²) >= 11 is 0. The number of nitrogens with two attached hydrogens (primary N) is 1. The summed E-state index contributed by atoms with van der Waals surface area (Å²) in [5.74, 6) is -0.386. The number of benzene rings is 1. The molecule has 7 heteroatoms. The van der Waals surface area contributed by atoms with E-state index in [2.05, 4.69) is 0 Å². The fourth-order valence-corrected chi connectivity index (χ4v) is 2.33. The van der Waals surface area contributed by atoms with Gasteiger partial charge in [-0.1, -0.05) is 13.0 Å². The molecule has 1 aliphatic rings. The van der Waals surface area contributed by atoms with Crippen LogP contribution in [0.5, 0.6) is 0 Å². The van der Waals surface area contributed by atoms with Crippen molar-refractivity contribution in [3.8, 4) is 0 Å². The SMILES string of the molecule is C[C@H]1CCN(C(=O)c2c(N)cccc2[N+](=O)[O-])C[C@H]1O. The minimum Gasteiger partial charge on any atom is -0.398 e. The second-order valence-corrected chi connectivity index (χ2v) is 5.08. The smallest absolute Gasteiger partial charge is 0.284 e. The molecule has 1 amide bonds. The first-order valence-electron chi connectivity index (χ1n) is 6.42. The third kappa shape index (κ3) is 2.57. The van der Waals surface area contributed by atoms with Crippen molar-refractivity contribution in [3.63, 3.8) is 0 Å². The van der Waals surface area contributed by atoms with Gasteiger partial charge in [-0.05, 0) is 18.4 Å². The Hall–Kier alpha value is -2.15. The molecule has 1 aromatic carbocycles. The molecule has 1 aromatic rings. The molecule has 0 bridgehead atoms. The first kappa shape index (κ1) is 14.3. The van der Waals surface area contributed by atoms with Crippen molar-refractivity contribution in [2.24, 2.45) is 5.92 Å². The molecule has 2 rings (SSSR count). The van der Waals surface area contributed by atoms with Gasteiger partial charge in [-0.15, -0.1) is 0 Å². The molecule has 1 heterocycles. The van der Waals surface area contributed by atoms with Crippen LogP contribution in [0.1, 0.15) is 23.7 Å². The topological polar surface area (TPSA) is 110 Å². The summed E-state index contributed by atoms with van der Waals surface area (Å²) in [6.45, 7) is 2.54. The molecule has 2 atom stereocenters. The van der Waals surface area contributed by atoms with Crippen LogP contribution in [0.4, 0.5) is 11.4 Å². The lowest BCUT2D eigenvalue weighted by molar-refractivity contribution is -0.385. The monoisotopic (exact) mass is 279 g/mol. The molecule has 1 fully saturated rings. The van der Waals surface area contributed by atoms with Gasteiger partial charge in [-0.3, -0.25) is 14.9 Å². The number of anilines is 1. The van der Waals surface area contributed by atoms with Crippen molar-refractivity contribution in [1.82, 2.24) is 4.90 Å². The van der Waals surface area contributed by atoms with Crippen LogP contribution in [0.3, 0.4) is 0 Å². The Balaban J connectivity index is 2.32. The second-order valence-electron chi connectivity index (χ2n) is 5.08. The van der Waals surface area contributed by atoms with Crippen molar-refractivity contribution in [2.75, 3.05) is 18.8 Å². The predicted molar refractivity (Wildman–Crippen MR) is 73.2 cm³/mol. The number of piperidine rings is 1. The Kier molecular flexibility index (Phi) is 3.89. The lowest BCUT2D eigenvalue weighted by atomic mass is 9.95. The van der Waals surface area contributed by atoms with Gasteiger partial charge in [0, 0.05) is 19.2 Å². The minimum absolute atomic E-state index is 0.0808. The molecule has 0 aromatic heterocycles. The zero-order chi connectivity index (χ0) is 14.9. The van der Waals surface area contributed by atoms with Crippen LogP contribution in [0.2, 0.25) is 0 Å². The predicted octanol–water partition coefficient (Wildman–Crippen LogP) is 1.02. The largest absolute Gasteiger partial charge is 0.398 e. The lowest BCUT2D eigenvalue weighted by Gasteiger charge is -2.34. The van der Waals surface area contributed by atoms with Crippen molar-refractivity contribution in [3.05, 3.63) is 33.9 Å². The summed E-state index contributed by atoms with van der Waals surface area (Å²) in [5, 5.41) is 20.8. The molecule has 1 saturated heterocycles. The number of amides is 1. The van der Waals surface area contributed by atoms with Gasteiger partial charge < -0.3 is 15.7 Å². The van der Waals surface area contributed by atoms with Crippen LogP contribution in [0.15, 0.2) is 18.2 Å². The number of nitrogens with zero attached hydrogens (tertiary/aromatic N) is 2. The summed E-state index contributed by atoms with van der Waals surface area (Å²) in [5.41, 5.74) is 5.39. The van der Waals surface area contributed by atoms with Crippen LogP contribution in [-0.2, 0) is 0 Å². The number of nitro benzene ring substituents is 1. The van der Waals surface area contributed by atoms with E-state index in [1.807, 2.05) is 6.92 Å². The van der Waals surface area contributed by atoms with Crippen LogP contribution in [0.25, 0.3) is 0 Å². The van der Waals surface area contributed by atoms with Crippen molar-refractivity contribution in [1.29, 1.82) is 0 Å². The fraction of sp³-hybridized carbons (Fsp3) is 0.462. The van der Waals surface area contributed by atoms with Gasteiger partial charge in [-0.25, -0.2) is 0 Å². The maximum absolute atomic E-state index is 12.4. The molecule has 0 saturated carbocycles. The lowest BCUT2D eigenvalue weighted by Crippen LogP contribution is -2.46. The molecule has 3 N–H and O–H groups in total. The van der Waals surface area contributed by atoms with Crippen molar-refractivity contribution in [2.45, 2.75) is 19.4 Å². The maximum atomic E-state index is 12.4. The molecule has 108 valence electrons. The summed E-state index contributed by atoms with van der Waals surface area (Å²) in [6, 6.07) is 4.16. The van der Waals surface area contributed by atoms with E-state index >= 15 is 0 Å². The zero-order valence-corrected chi connectivity index (χ0v) is 11.2. The average Bonchev–Trinajstić information content (AvgIpc) is 2.40. The van der Waals surface area contributed by atoms with E-state index in [-0.39, 0.29) is 29.4 Å². The van der Waals surface area contributed by atoms with E-state index < -0.39 is 16.9 Å². The molecule has 20 heavy (non-hydrogen) atoms. The number of likely N-dealkylation sites (tertiary alicyclic amines) is 1. The molecule has 0 radical (unpaired) electrons. The van der Waals surface area contributed by atoms with E-state index in [9.17, 15) is 20.0 Å². The fourth-order valence-electron chi connectivity index (χ4n) is 2.33. The van der Waals surface area contributed by atoms with Crippen LogP contribution in [0, 0.1) is 16.0 Å². The molecular formula is C13H17N3O4. The van der Waals surface area contributed by atoms with Gasteiger partial charge in [0.2, 0.25) is 0 Å². The number of carbonyl (C=O) groups excluding carboxylic acids is 1. The van der Waals surface area contributed by atoms with E-state index in [0.29, 0.717) is 13.0 Å². The van der Waals surface area contributed by atoms with E-state index in [4.69, 9.17) is 5.73 Å². The van der Waals surface area contributed by atoms with Gasteiger partial charge in [-0.2, -0.15) is 0 Å². The Morgan fingerprint density at radius 1 is 1.55 bits per heavy atom. The number of hydrogen-bond acceptors (Lipinski definition) is 5. The summed E-state index contributed by atoms with van der Waals surface area (Å²) in [7, 11) is 0. The maximum Gasteiger partial charge on any atom is 0.284 e. The third-order valence-corrected chi connectivity index (χ3v) is 3.69.